The largest absolute Gasteiger partial charge is 0.288 e. The maximum absolute atomic E-state index is 14.2. The molecule has 1 atom stereocenters. The number of aliphatic imine (C=N–C) groups is 4. The number of pyridine rings is 3. The first-order valence-corrected chi connectivity index (χ1v) is 29.6. The summed E-state index contributed by atoms with van der Waals surface area (Å²) < 4.78 is 28.3. The van der Waals surface area contributed by atoms with Gasteiger partial charge in [-0.2, -0.15) is 0 Å². The van der Waals surface area contributed by atoms with Crippen LogP contribution in [0.4, 0.5) is 8.78 Å². The first-order valence-electron chi connectivity index (χ1n) is 29.6. The van der Waals surface area contributed by atoms with Gasteiger partial charge < -0.3 is 0 Å². The normalized spacial score (nSPS) is 11.6. The van der Waals surface area contributed by atoms with E-state index in [1.54, 1.807) is 60.9 Å². The Kier molecular flexibility index (Phi) is 23.6. The van der Waals surface area contributed by atoms with Crippen molar-refractivity contribution in [1.29, 1.82) is 0 Å². The third-order valence-electron chi connectivity index (χ3n) is 14.3. The van der Waals surface area contributed by atoms with Gasteiger partial charge in [0.2, 0.25) is 0 Å². The Morgan fingerprint density at radius 3 is 1.35 bits per heavy atom. The van der Waals surface area contributed by atoms with Crippen molar-refractivity contribution < 1.29 is 8.78 Å². The molecule has 438 valence electrons. The molecule has 0 amide bonds. The number of nitrogens with zero attached hydrogens (tertiary/aromatic N) is 7. The quantitative estimate of drug-likeness (QED) is 0.0903. The fourth-order valence-corrected chi connectivity index (χ4v) is 9.71. The molecule has 0 bridgehead atoms. The molecule has 3 heterocycles. The summed E-state index contributed by atoms with van der Waals surface area (Å²) in [6.07, 6.45) is 8.67. The Morgan fingerprint density at radius 2 is 0.854 bits per heavy atom. The van der Waals surface area contributed by atoms with Crippen molar-refractivity contribution in [3.63, 3.8) is 0 Å². The van der Waals surface area contributed by atoms with Gasteiger partial charge in [0, 0.05) is 47.9 Å². The van der Waals surface area contributed by atoms with Gasteiger partial charge in [0.05, 0.1) is 35.4 Å². The van der Waals surface area contributed by atoms with Crippen LogP contribution in [0.2, 0.25) is 0 Å². The summed E-state index contributed by atoms with van der Waals surface area (Å²) in [6.45, 7) is 6.90. The molecule has 9 aromatic carbocycles. The van der Waals surface area contributed by atoms with E-state index in [0.29, 0.717) is 16.8 Å². The topological polar surface area (TPSA) is 88.1 Å². The van der Waals surface area contributed by atoms with E-state index in [0.717, 1.165) is 34.9 Å². The van der Waals surface area contributed by atoms with Crippen LogP contribution >= 0.6 is 0 Å². The molecule has 0 N–H and O–H groups in total. The van der Waals surface area contributed by atoms with Crippen LogP contribution in [-0.2, 0) is 6.54 Å². The molecule has 7 nitrogen and oxygen atoms in total. The molecule has 1 unspecified atom stereocenters. The minimum absolute atomic E-state index is 0.170. The molecular weight excluding hydrogens is 1100 g/mol. The van der Waals surface area contributed by atoms with Crippen molar-refractivity contribution >= 4 is 24.4 Å². The number of hydrogen-bond donors (Lipinski definition) is 0. The van der Waals surface area contributed by atoms with Gasteiger partial charge in [-0.3, -0.25) is 34.9 Å². The smallest absolute Gasteiger partial charge is 0.128 e. The molecule has 0 saturated heterocycles. The Labute approximate surface area is 522 Å². The second-order valence-corrected chi connectivity index (χ2v) is 20.7. The van der Waals surface area contributed by atoms with E-state index < -0.39 is 17.7 Å². The lowest BCUT2D eigenvalue weighted by atomic mass is 9.87. The second-order valence-electron chi connectivity index (χ2n) is 20.7. The van der Waals surface area contributed by atoms with Crippen LogP contribution in [0, 0.1) is 18.6 Å². The zero-order chi connectivity index (χ0) is 61.7. The van der Waals surface area contributed by atoms with Crippen LogP contribution in [-0.4, -0.2) is 39.3 Å². The minimum Gasteiger partial charge on any atom is -0.288 e. The third kappa shape index (κ3) is 19.0. The summed E-state index contributed by atoms with van der Waals surface area (Å²) in [5.41, 5.74) is 15.7. The summed E-state index contributed by atoms with van der Waals surface area (Å²) in [5.74, 6) is -0.835. The number of hydrogen-bond acceptors (Lipinski definition) is 7. The number of aryl methyl sites for hydroxylation is 1. The second kappa shape index (κ2) is 33.6. The van der Waals surface area contributed by atoms with Gasteiger partial charge in [-0.15, -0.1) is 0 Å². The number of rotatable bonds is 16. The number of benzene rings is 9. The maximum atomic E-state index is 14.2. The van der Waals surface area contributed by atoms with E-state index in [-0.39, 0.29) is 12.1 Å². The van der Waals surface area contributed by atoms with Crippen LogP contribution in [0.1, 0.15) is 93.7 Å². The molecule has 9 heteroatoms. The highest BCUT2D eigenvalue weighted by Gasteiger charge is 2.23. The summed E-state index contributed by atoms with van der Waals surface area (Å²) in [7, 11) is 0. The zero-order valence-electron chi connectivity index (χ0n) is 50.1. The molecule has 0 spiro atoms. The average Bonchev–Trinajstić information content (AvgIpc) is 2.34. The van der Waals surface area contributed by atoms with Crippen LogP contribution < -0.4 is 0 Å². The predicted octanol–water partition coefficient (Wildman–Crippen LogP) is 19.5. The Balaban J connectivity index is 0.000000150. The van der Waals surface area contributed by atoms with Crippen molar-refractivity contribution in [2.45, 2.75) is 45.4 Å². The highest BCUT2D eigenvalue weighted by Crippen LogP contribution is 2.39. The molecule has 0 radical (unpaired) electrons. The van der Waals surface area contributed by atoms with E-state index in [1.165, 1.54) is 62.9 Å². The van der Waals surface area contributed by atoms with Gasteiger partial charge in [0.1, 0.15) is 23.7 Å². The molecule has 3 aromatic heterocycles. The lowest BCUT2D eigenvalue weighted by molar-refractivity contribution is 0.577. The van der Waals surface area contributed by atoms with Gasteiger partial charge in [0.25, 0.3) is 0 Å². The minimum atomic E-state index is -0.764. The summed E-state index contributed by atoms with van der Waals surface area (Å²) in [6, 6.07) is 98.0. The highest BCUT2D eigenvalue weighted by atomic mass is 19.1. The highest BCUT2D eigenvalue weighted by molar-refractivity contribution is 5.97. The fourth-order valence-electron chi connectivity index (χ4n) is 9.71. The molecule has 0 fully saturated rings. The molecule has 0 aliphatic rings. The molecule has 0 saturated carbocycles. The predicted molar refractivity (Wildman–Crippen MR) is 364 cm³/mol. The Morgan fingerprint density at radius 1 is 0.416 bits per heavy atom. The fraction of sp³-hybridized carbons (Fsp3) is 0.0875. The van der Waals surface area contributed by atoms with Gasteiger partial charge in [-0.1, -0.05) is 255 Å². The summed E-state index contributed by atoms with van der Waals surface area (Å²) in [5, 5.41) is 0. The van der Waals surface area contributed by atoms with Crippen molar-refractivity contribution in [3.05, 3.63) is 389 Å². The van der Waals surface area contributed by atoms with Crippen molar-refractivity contribution in [3.8, 4) is 22.3 Å². The van der Waals surface area contributed by atoms with Crippen LogP contribution in [0.3, 0.4) is 0 Å². The van der Waals surface area contributed by atoms with Gasteiger partial charge >= 0.3 is 0 Å². The monoisotopic (exact) mass is 1170 g/mol. The maximum Gasteiger partial charge on any atom is 0.128 e. The number of aromatic nitrogens is 3. The van der Waals surface area contributed by atoms with Gasteiger partial charge in [-0.25, -0.2) is 8.78 Å². The van der Waals surface area contributed by atoms with E-state index in [2.05, 4.69) is 184 Å². The standard InChI is InChI=1S/C33H28N2.C19H14F2N2.C14H14N2.C14H13N/c1-24-14-13-23-32(34-24)25(2)35-33(30-21-11-9-19-28(30)26-15-5-3-6-16-26)31-22-12-10-20-29(31)27-17-7-4-8-18-27;20-17-10-3-1-8-15(17)19(16-9-2-4-11-18(16)21)23-13-14-7-5-6-12-22-14;1-12(13-7-3-2-4-8-13)16-11-14-9-5-6-10-15-14;1-3-7-13(8-4-1)11-15-12-14-9-5-2-6-10-14/h3-23,33H,1-2H3;1-13,19H;2-12H,1H3;1-11H,12H2. The van der Waals surface area contributed by atoms with Crippen molar-refractivity contribution in [1.82, 2.24) is 15.0 Å². The molecule has 89 heavy (non-hydrogen) atoms. The Hall–Kier alpha value is -11.0. The average molecular weight is 1170 g/mol. The van der Waals surface area contributed by atoms with E-state index in [1.807, 2.05) is 116 Å². The first-order chi connectivity index (χ1) is 43.8. The van der Waals surface area contributed by atoms with Crippen LogP contribution in [0.15, 0.2) is 336 Å². The molecule has 12 aromatic rings. The van der Waals surface area contributed by atoms with E-state index in [9.17, 15) is 8.78 Å². The lowest BCUT2D eigenvalue weighted by Gasteiger charge is -2.22. The van der Waals surface area contributed by atoms with Crippen molar-refractivity contribution in [2.24, 2.45) is 20.0 Å². The number of halogens is 2. The van der Waals surface area contributed by atoms with Crippen molar-refractivity contribution in [2.75, 3.05) is 0 Å². The van der Waals surface area contributed by atoms with Gasteiger partial charge in [0.15, 0.2) is 0 Å². The van der Waals surface area contributed by atoms with Crippen LogP contribution in [0.25, 0.3) is 22.3 Å². The summed E-state index contributed by atoms with van der Waals surface area (Å²) >= 11 is 0. The molecule has 12 rings (SSSR count). The molecular formula is C80H69F2N7. The molecule has 0 aliphatic carbocycles. The van der Waals surface area contributed by atoms with Gasteiger partial charge in [-0.05, 0) is 119 Å². The van der Waals surface area contributed by atoms with E-state index >= 15 is 0 Å². The SMILES string of the molecule is C(=NCc1ccccc1)c1ccccc1.CC(=NC(c1ccccc1-c1ccccc1)c1ccccc1-c1ccccc1)c1cccc(C)n1.CC(N=Cc1ccccn1)c1ccccc1.Fc1ccccc1C(N=Cc1ccccn1)c1ccccc1F. The molecule has 0 aliphatic heterocycles. The first kappa shape index (κ1) is 62.5. The third-order valence-corrected chi connectivity index (χ3v) is 14.3. The van der Waals surface area contributed by atoms with E-state index in [4.69, 9.17) is 9.98 Å². The zero-order valence-corrected chi connectivity index (χ0v) is 50.1. The Bertz CT molecular complexity index is 4040. The van der Waals surface area contributed by atoms with Crippen LogP contribution in [0.5, 0.6) is 0 Å². The lowest BCUT2D eigenvalue weighted by Crippen LogP contribution is -2.08. The summed E-state index contributed by atoms with van der Waals surface area (Å²) in [4.78, 5) is 31.7.